The smallest absolute Gasteiger partial charge is 0.162 e. The van der Waals surface area contributed by atoms with E-state index in [9.17, 15) is 0 Å². The molecule has 0 saturated carbocycles. The van der Waals surface area contributed by atoms with Crippen LogP contribution in [-0.2, 0) is 7.05 Å². The molecule has 0 aliphatic rings. The Morgan fingerprint density at radius 3 is 2.19 bits per heavy atom. The molecule has 0 atom stereocenters. The number of pyridine rings is 2. The van der Waals surface area contributed by atoms with Gasteiger partial charge >= 0.3 is 0 Å². The molecule has 3 rings (SSSR count). The van der Waals surface area contributed by atoms with Gasteiger partial charge < -0.3 is 10.1 Å². The Morgan fingerprint density at radius 2 is 1.69 bits per heavy atom. The fourth-order valence-electron chi connectivity index (χ4n) is 2.91. The maximum absolute atomic E-state index is 5.93. The van der Waals surface area contributed by atoms with Gasteiger partial charge in [-0.3, -0.25) is 14.6 Å². The zero-order chi connectivity index (χ0) is 18.4. The van der Waals surface area contributed by atoms with Crippen molar-refractivity contribution < 1.29 is 4.74 Å². The Kier molecular flexibility index (Phi) is 5.96. The predicted octanol–water partition coefficient (Wildman–Crippen LogP) is 2.98. The van der Waals surface area contributed by atoms with Crippen LogP contribution in [0.25, 0.3) is 0 Å². The maximum Gasteiger partial charge on any atom is 0.162 e. The first-order chi connectivity index (χ1) is 12.7. The molecule has 0 radical (unpaired) electrons. The van der Waals surface area contributed by atoms with Crippen LogP contribution >= 0.6 is 0 Å². The first kappa shape index (κ1) is 18.1. The third-order valence-electron chi connectivity index (χ3n) is 4.33. The lowest BCUT2D eigenvalue weighted by atomic mass is 10.1. The van der Waals surface area contributed by atoms with Gasteiger partial charge in [0.05, 0.1) is 29.7 Å². The summed E-state index contributed by atoms with van der Waals surface area (Å²) in [5.74, 6) is 0.888. The Morgan fingerprint density at radius 1 is 1.04 bits per heavy atom. The highest BCUT2D eigenvalue weighted by atomic mass is 16.5. The summed E-state index contributed by atoms with van der Waals surface area (Å²) in [6.07, 6.45) is 4.50. The minimum atomic E-state index is -0.0285. The van der Waals surface area contributed by atoms with Crippen LogP contribution in [0.5, 0.6) is 5.75 Å². The summed E-state index contributed by atoms with van der Waals surface area (Å²) >= 11 is 0. The molecule has 0 amide bonds. The third kappa shape index (κ3) is 4.26. The zero-order valence-electron chi connectivity index (χ0n) is 15.5. The van der Waals surface area contributed by atoms with Crippen LogP contribution in [0.2, 0.25) is 0 Å². The van der Waals surface area contributed by atoms with Crippen LogP contribution in [0.15, 0.2) is 48.8 Å². The number of rotatable bonds is 8. The summed E-state index contributed by atoms with van der Waals surface area (Å²) in [5, 5.41) is 7.92. The van der Waals surface area contributed by atoms with Crippen LogP contribution in [0, 0.1) is 13.8 Å². The van der Waals surface area contributed by atoms with Crippen molar-refractivity contribution in [3.63, 3.8) is 0 Å². The Bertz CT molecular complexity index is 777. The molecule has 0 bridgehead atoms. The molecule has 0 spiro atoms. The van der Waals surface area contributed by atoms with Gasteiger partial charge in [0.15, 0.2) is 5.75 Å². The highest BCUT2D eigenvalue weighted by Crippen LogP contribution is 2.21. The lowest BCUT2D eigenvalue weighted by molar-refractivity contribution is 0.302. The van der Waals surface area contributed by atoms with Gasteiger partial charge in [-0.15, -0.1) is 0 Å². The van der Waals surface area contributed by atoms with E-state index in [0.717, 1.165) is 41.5 Å². The van der Waals surface area contributed by atoms with E-state index >= 15 is 0 Å². The molecule has 3 aromatic rings. The first-order valence-corrected chi connectivity index (χ1v) is 8.85. The van der Waals surface area contributed by atoms with Crippen LogP contribution in [-0.4, -0.2) is 32.9 Å². The normalized spacial score (nSPS) is 11.1. The maximum atomic E-state index is 5.93. The van der Waals surface area contributed by atoms with Gasteiger partial charge in [-0.05, 0) is 51.1 Å². The number of nitrogens with zero attached hydrogens (tertiary/aromatic N) is 4. The quantitative estimate of drug-likeness (QED) is 0.632. The SMILES string of the molecule is Cc1nn(C)c(C)c1OCCCNC(c1ccccn1)c1ccccn1. The van der Waals surface area contributed by atoms with Crippen molar-refractivity contribution in [1.29, 1.82) is 0 Å². The molecule has 26 heavy (non-hydrogen) atoms. The lowest BCUT2D eigenvalue weighted by Gasteiger charge is -2.18. The zero-order valence-corrected chi connectivity index (χ0v) is 15.5. The van der Waals surface area contributed by atoms with Crippen molar-refractivity contribution in [2.75, 3.05) is 13.2 Å². The lowest BCUT2D eigenvalue weighted by Crippen LogP contribution is -2.26. The standard InChI is InChI=1S/C20H25N5O/c1-15-20(16(2)25(3)24-15)26-14-8-13-23-19(17-9-4-6-11-21-17)18-10-5-7-12-22-18/h4-7,9-12,19,23H,8,13-14H2,1-3H3. The van der Waals surface area contributed by atoms with E-state index < -0.39 is 0 Å². The molecule has 3 heterocycles. The second kappa shape index (κ2) is 8.58. The average Bonchev–Trinajstić information content (AvgIpc) is 2.92. The topological polar surface area (TPSA) is 64.9 Å². The summed E-state index contributed by atoms with van der Waals surface area (Å²) < 4.78 is 7.78. The van der Waals surface area contributed by atoms with Crippen LogP contribution in [0.4, 0.5) is 0 Å². The Hall–Kier alpha value is -2.73. The average molecular weight is 351 g/mol. The highest BCUT2D eigenvalue weighted by Gasteiger charge is 2.16. The van der Waals surface area contributed by atoms with Crippen molar-refractivity contribution in [3.8, 4) is 5.75 Å². The summed E-state index contributed by atoms with van der Waals surface area (Å²) in [7, 11) is 1.93. The summed E-state index contributed by atoms with van der Waals surface area (Å²) in [6.45, 7) is 5.43. The first-order valence-electron chi connectivity index (χ1n) is 8.85. The van der Waals surface area contributed by atoms with E-state index in [4.69, 9.17) is 4.74 Å². The third-order valence-corrected chi connectivity index (χ3v) is 4.33. The Labute approximate surface area is 154 Å². The van der Waals surface area contributed by atoms with Crippen LogP contribution in [0.1, 0.15) is 35.2 Å². The fraction of sp³-hybridized carbons (Fsp3) is 0.350. The number of hydrogen-bond donors (Lipinski definition) is 1. The second-order valence-corrected chi connectivity index (χ2v) is 6.22. The number of ether oxygens (including phenoxy) is 1. The van der Waals surface area contributed by atoms with Crippen molar-refractivity contribution in [3.05, 3.63) is 71.6 Å². The van der Waals surface area contributed by atoms with E-state index in [0.29, 0.717) is 6.61 Å². The van der Waals surface area contributed by atoms with Gasteiger partial charge in [0.25, 0.3) is 0 Å². The molecule has 0 unspecified atom stereocenters. The second-order valence-electron chi connectivity index (χ2n) is 6.22. The molecule has 0 aromatic carbocycles. The van der Waals surface area contributed by atoms with Gasteiger partial charge in [0, 0.05) is 19.4 Å². The van der Waals surface area contributed by atoms with E-state index in [1.807, 2.05) is 74.4 Å². The van der Waals surface area contributed by atoms with Gasteiger partial charge in [-0.1, -0.05) is 12.1 Å². The van der Waals surface area contributed by atoms with E-state index in [1.54, 1.807) is 0 Å². The van der Waals surface area contributed by atoms with Crippen molar-refractivity contribution >= 4 is 0 Å². The number of aromatic nitrogens is 4. The summed E-state index contributed by atoms with van der Waals surface area (Å²) in [6, 6.07) is 11.8. The molecular weight excluding hydrogens is 326 g/mol. The highest BCUT2D eigenvalue weighted by molar-refractivity contribution is 5.31. The van der Waals surface area contributed by atoms with Gasteiger partial charge in [-0.2, -0.15) is 5.10 Å². The van der Waals surface area contributed by atoms with Gasteiger partial charge in [0.2, 0.25) is 0 Å². The monoisotopic (exact) mass is 351 g/mol. The minimum Gasteiger partial charge on any atom is -0.490 e. The predicted molar refractivity (Wildman–Crippen MR) is 101 cm³/mol. The van der Waals surface area contributed by atoms with Crippen molar-refractivity contribution in [1.82, 2.24) is 25.1 Å². The van der Waals surface area contributed by atoms with Crippen LogP contribution < -0.4 is 10.1 Å². The molecule has 0 aliphatic carbocycles. The molecule has 6 nitrogen and oxygen atoms in total. The summed E-state index contributed by atoms with van der Waals surface area (Å²) in [4.78, 5) is 8.97. The fourth-order valence-corrected chi connectivity index (χ4v) is 2.91. The summed E-state index contributed by atoms with van der Waals surface area (Å²) in [5.41, 5.74) is 3.91. The van der Waals surface area contributed by atoms with Crippen LogP contribution in [0.3, 0.4) is 0 Å². The Balaban J connectivity index is 1.57. The molecule has 1 N–H and O–H groups in total. The molecule has 3 aromatic heterocycles. The van der Waals surface area contributed by atoms with E-state index in [1.165, 1.54) is 0 Å². The molecular formula is C20H25N5O. The molecule has 0 fully saturated rings. The molecule has 6 heteroatoms. The van der Waals surface area contributed by atoms with Crippen molar-refractivity contribution in [2.45, 2.75) is 26.3 Å². The largest absolute Gasteiger partial charge is 0.490 e. The number of aryl methyl sites for hydroxylation is 2. The van der Waals surface area contributed by atoms with E-state index in [-0.39, 0.29) is 6.04 Å². The van der Waals surface area contributed by atoms with E-state index in [2.05, 4.69) is 20.4 Å². The molecule has 0 saturated heterocycles. The number of hydrogen-bond acceptors (Lipinski definition) is 5. The van der Waals surface area contributed by atoms with Crippen molar-refractivity contribution in [2.24, 2.45) is 7.05 Å². The van der Waals surface area contributed by atoms with Gasteiger partial charge in [-0.25, -0.2) is 0 Å². The molecule has 136 valence electrons. The molecule has 0 aliphatic heterocycles. The minimum absolute atomic E-state index is 0.0285. The number of nitrogens with one attached hydrogen (secondary N) is 1. The van der Waals surface area contributed by atoms with Gasteiger partial charge in [0.1, 0.15) is 5.69 Å².